The summed E-state index contributed by atoms with van der Waals surface area (Å²) in [7, 11) is 0. The van der Waals surface area contributed by atoms with Crippen LogP contribution in [-0.2, 0) is 6.54 Å². The number of aromatic nitrogens is 2. The Balaban J connectivity index is 1.55. The lowest BCUT2D eigenvalue weighted by Gasteiger charge is -2.16. The third kappa shape index (κ3) is 3.89. The molecule has 0 aliphatic carbocycles. The summed E-state index contributed by atoms with van der Waals surface area (Å²) in [6.07, 6.45) is 0. The van der Waals surface area contributed by atoms with Crippen molar-refractivity contribution >= 4 is 0 Å². The Hall–Kier alpha value is -3.18. The zero-order chi connectivity index (χ0) is 19.5. The Kier molecular flexibility index (Phi) is 5.08. The first kappa shape index (κ1) is 18.2. The summed E-state index contributed by atoms with van der Waals surface area (Å²) >= 11 is 0. The van der Waals surface area contributed by atoms with Crippen molar-refractivity contribution in [1.29, 1.82) is 0 Å². The van der Waals surface area contributed by atoms with E-state index in [0.717, 1.165) is 17.1 Å². The third-order valence-electron chi connectivity index (χ3n) is 4.86. The number of furan rings is 1. The van der Waals surface area contributed by atoms with Crippen LogP contribution in [0, 0.1) is 20.8 Å². The van der Waals surface area contributed by atoms with Gasteiger partial charge in [0.2, 0.25) is 0 Å². The lowest BCUT2D eigenvalue weighted by Crippen LogP contribution is -2.84. The van der Waals surface area contributed by atoms with Crippen LogP contribution in [0.4, 0.5) is 0 Å². The van der Waals surface area contributed by atoms with Crippen molar-refractivity contribution in [1.82, 2.24) is 10.2 Å². The third-order valence-corrected chi connectivity index (χ3v) is 4.86. The molecule has 2 heterocycles. The van der Waals surface area contributed by atoms with Gasteiger partial charge in [0.25, 0.3) is 11.8 Å². The summed E-state index contributed by atoms with van der Waals surface area (Å²) in [6, 6.07) is 21.2. The van der Waals surface area contributed by atoms with Gasteiger partial charge in [-0.05, 0) is 26.8 Å². The fourth-order valence-electron chi connectivity index (χ4n) is 3.41. The van der Waals surface area contributed by atoms with Gasteiger partial charge in [-0.3, -0.25) is 0 Å². The second-order valence-corrected chi connectivity index (χ2v) is 7.07. The van der Waals surface area contributed by atoms with E-state index in [4.69, 9.17) is 8.83 Å². The van der Waals surface area contributed by atoms with Gasteiger partial charge in [-0.1, -0.05) is 60.2 Å². The molecule has 2 N–H and O–H groups in total. The highest BCUT2D eigenvalue weighted by molar-refractivity contribution is 5.55. The molecule has 0 amide bonds. The molecule has 0 aliphatic rings. The molecule has 0 saturated heterocycles. The number of nitrogens with two attached hydrogens (primary N) is 1. The number of nitrogens with zero attached hydrogens (tertiary/aromatic N) is 2. The van der Waals surface area contributed by atoms with Crippen molar-refractivity contribution in [2.24, 2.45) is 0 Å². The van der Waals surface area contributed by atoms with Gasteiger partial charge in [0.15, 0.2) is 6.54 Å². The molecule has 0 unspecified atom stereocenters. The van der Waals surface area contributed by atoms with Gasteiger partial charge in [0, 0.05) is 11.1 Å². The number of hydrogen-bond donors (Lipinski definition) is 1. The number of benzene rings is 2. The number of hydrogen-bond acceptors (Lipinski definition) is 4. The van der Waals surface area contributed by atoms with E-state index >= 15 is 0 Å². The van der Waals surface area contributed by atoms with Crippen LogP contribution < -0.4 is 5.32 Å². The van der Waals surface area contributed by atoms with Crippen molar-refractivity contribution in [3.8, 4) is 11.5 Å². The van der Waals surface area contributed by atoms with Gasteiger partial charge in [0.05, 0.1) is 5.56 Å². The van der Waals surface area contributed by atoms with E-state index in [9.17, 15) is 0 Å². The summed E-state index contributed by atoms with van der Waals surface area (Å²) in [4.78, 5) is 0. The normalized spacial score (nSPS) is 12.2. The fraction of sp³-hybridized carbons (Fsp3) is 0.217. The van der Waals surface area contributed by atoms with E-state index in [0.29, 0.717) is 18.3 Å². The molecule has 0 spiro atoms. The molecule has 28 heavy (non-hydrogen) atoms. The van der Waals surface area contributed by atoms with Crippen molar-refractivity contribution < 1.29 is 14.2 Å². The monoisotopic (exact) mass is 374 g/mol. The SMILES string of the molecule is Cc1ccc([C@H]([NH2+]Cc2nnc(-c3cc(C)oc3C)o2)c2ccccc2)cc1. The second-order valence-electron chi connectivity index (χ2n) is 7.07. The highest BCUT2D eigenvalue weighted by Crippen LogP contribution is 2.25. The maximum absolute atomic E-state index is 5.89. The van der Waals surface area contributed by atoms with Crippen LogP contribution in [0.25, 0.3) is 11.5 Å². The van der Waals surface area contributed by atoms with Gasteiger partial charge >= 0.3 is 0 Å². The molecule has 0 bridgehead atoms. The van der Waals surface area contributed by atoms with Crippen LogP contribution >= 0.6 is 0 Å². The highest BCUT2D eigenvalue weighted by Gasteiger charge is 2.20. The predicted octanol–water partition coefficient (Wildman–Crippen LogP) is 4.11. The lowest BCUT2D eigenvalue weighted by molar-refractivity contribution is -0.704. The zero-order valence-corrected chi connectivity index (χ0v) is 16.3. The van der Waals surface area contributed by atoms with Crippen molar-refractivity contribution in [3.63, 3.8) is 0 Å². The molecule has 0 saturated carbocycles. The first-order chi connectivity index (χ1) is 13.6. The van der Waals surface area contributed by atoms with Gasteiger partial charge < -0.3 is 14.2 Å². The van der Waals surface area contributed by atoms with Crippen molar-refractivity contribution in [2.75, 3.05) is 0 Å². The number of rotatable bonds is 6. The Morgan fingerprint density at radius 3 is 2.25 bits per heavy atom. The highest BCUT2D eigenvalue weighted by atomic mass is 16.4. The van der Waals surface area contributed by atoms with E-state index < -0.39 is 0 Å². The number of aryl methyl sites for hydroxylation is 3. The molecule has 4 rings (SSSR count). The van der Waals surface area contributed by atoms with Gasteiger partial charge in [-0.25, -0.2) is 0 Å². The first-order valence-electron chi connectivity index (χ1n) is 9.45. The minimum Gasteiger partial charge on any atom is -0.466 e. The maximum atomic E-state index is 5.89. The zero-order valence-electron chi connectivity index (χ0n) is 16.3. The Labute approximate surface area is 164 Å². The molecule has 5 heteroatoms. The van der Waals surface area contributed by atoms with Crippen molar-refractivity contribution in [3.05, 3.63) is 94.8 Å². The van der Waals surface area contributed by atoms with E-state index in [1.54, 1.807) is 0 Å². The van der Waals surface area contributed by atoms with E-state index in [1.807, 2.05) is 26.0 Å². The first-order valence-corrected chi connectivity index (χ1v) is 9.45. The average Bonchev–Trinajstić information content (AvgIpc) is 3.30. The molecule has 5 nitrogen and oxygen atoms in total. The van der Waals surface area contributed by atoms with Crippen LogP contribution in [0.3, 0.4) is 0 Å². The summed E-state index contributed by atoms with van der Waals surface area (Å²) in [5.74, 6) is 2.73. The minimum atomic E-state index is 0.162. The van der Waals surface area contributed by atoms with Crippen LogP contribution in [0.5, 0.6) is 0 Å². The predicted molar refractivity (Wildman–Crippen MR) is 107 cm³/mol. The lowest BCUT2D eigenvalue weighted by atomic mass is 9.98. The molecule has 0 aliphatic heterocycles. The van der Waals surface area contributed by atoms with Gasteiger partial charge in [-0.15, -0.1) is 10.2 Å². The molecule has 1 atom stereocenters. The molecule has 4 aromatic rings. The minimum absolute atomic E-state index is 0.162. The average molecular weight is 374 g/mol. The van der Waals surface area contributed by atoms with E-state index in [-0.39, 0.29) is 6.04 Å². The van der Waals surface area contributed by atoms with Crippen LogP contribution in [0.1, 0.15) is 40.1 Å². The summed E-state index contributed by atoms with van der Waals surface area (Å²) < 4.78 is 11.5. The molecular formula is C23H24N3O2+. The Bertz CT molecular complexity index is 1050. The van der Waals surface area contributed by atoms with Gasteiger partial charge in [-0.2, -0.15) is 0 Å². The van der Waals surface area contributed by atoms with Crippen molar-refractivity contribution in [2.45, 2.75) is 33.4 Å². The molecule has 2 aromatic carbocycles. The van der Waals surface area contributed by atoms with Crippen LogP contribution in [0.2, 0.25) is 0 Å². The summed E-state index contributed by atoms with van der Waals surface area (Å²) in [5.41, 5.74) is 4.60. The quantitative estimate of drug-likeness (QED) is 0.551. The maximum Gasteiger partial charge on any atom is 0.271 e. The number of quaternary nitrogens is 1. The summed E-state index contributed by atoms with van der Waals surface area (Å²) in [6.45, 7) is 6.51. The molecule has 0 fully saturated rings. The standard InChI is InChI=1S/C23H23N3O2/c1-15-9-11-19(12-10-15)22(18-7-5-4-6-8-18)24-14-21-25-26-23(28-21)20-13-16(2)27-17(20)3/h4-13,22,24H,14H2,1-3H3/p+1/t22-/m1/s1. The summed E-state index contributed by atoms with van der Waals surface area (Å²) in [5, 5.41) is 10.7. The van der Waals surface area contributed by atoms with Crippen LogP contribution in [0.15, 0.2) is 69.5 Å². The molecule has 142 valence electrons. The fourth-order valence-corrected chi connectivity index (χ4v) is 3.41. The molecule has 2 aromatic heterocycles. The van der Waals surface area contributed by atoms with Crippen LogP contribution in [-0.4, -0.2) is 10.2 Å². The molecular weight excluding hydrogens is 350 g/mol. The Morgan fingerprint density at radius 1 is 0.857 bits per heavy atom. The van der Waals surface area contributed by atoms with Gasteiger partial charge in [0.1, 0.15) is 17.6 Å². The smallest absolute Gasteiger partial charge is 0.271 e. The van der Waals surface area contributed by atoms with E-state index in [2.05, 4.69) is 71.0 Å². The largest absolute Gasteiger partial charge is 0.466 e. The second kappa shape index (κ2) is 7.82. The van der Waals surface area contributed by atoms with E-state index in [1.165, 1.54) is 16.7 Å². The topological polar surface area (TPSA) is 68.7 Å². The Morgan fingerprint density at radius 2 is 1.57 bits per heavy atom. The molecule has 0 radical (unpaired) electrons.